The molecule has 2 N–H and O–H groups in total. The number of rotatable bonds is 6. The van der Waals surface area contributed by atoms with Crippen LogP contribution in [-0.2, 0) is 6.42 Å². The Morgan fingerprint density at radius 1 is 1.29 bits per heavy atom. The number of aryl methyl sites for hydroxylation is 1. The standard InChI is InChI=1S/C14H22ClNO/c1-14(2,8-9-16)7-6-11-4-5-13(17-3)12(15)10-11/h4-5,10H,6-9,16H2,1-3H3. The number of hydrogen-bond acceptors (Lipinski definition) is 2. The van der Waals surface area contributed by atoms with Crippen LogP contribution in [0.25, 0.3) is 0 Å². The highest BCUT2D eigenvalue weighted by molar-refractivity contribution is 6.32. The van der Waals surface area contributed by atoms with Crippen molar-refractivity contribution in [1.82, 2.24) is 0 Å². The average Bonchev–Trinajstić information content (AvgIpc) is 2.27. The molecule has 17 heavy (non-hydrogen) atoms. The van der Waals surface area contributed by atoms with Crippen LogP contribution in [0.4, 0.5) is 0 Å². The highest BCUT2D eigenvalue weighted by Gasteiger charge is 2.16. The second-order valence-electron chi connectivity index (χ2n) is 5.17. The summed E-state index contributed by atoms with van der Waals surface area (Å²) in [6, 6.07) is 5.98. The lowest BCUT2D eigenvalue weighted by Crippen LogP contribution is -2.17. The fourth-order valence-electron chi connectivity index (χ4n) is 1.86. The van der Waals surface area contributed by atoms with Crippen molar-refractivity contribution in [3.05, 3.63) is 28.8 Å². The Morgan fingerprint density at radius 2 is 2.00 bits per heavy atom. The first-order valence-corrected chi connectivity index (χ1v) is 6.39. The molecule has 0 amide bonds. The molecule has 1 aromatic carbocycles. The number of methoxy groups -OCH3 is 1. The van der Waals surface area contributed by atoms with Crippen LogP contribution in [0.5, 0.6) is 5.75 Å². The van der Waals surface area contributed by atoms with Gasteiger partial charge in [-0.1, -0.05) is 31.5 Å². The van der Waals surface area contributed by atoms with E-state index in [0.29, 0.717) is 10.4 Å². The predicted molar refractivity (Wildman–Crippen MR) is 73.8 cm³/mol. The van der Waals surface area contributed by atoms with Gasteiger partial charge < -0.3 is 10.5 Å². The molecule has 0 bridgehead atoms. The topological polar surface area (TPSA) is 35.2 Å². The lowest BCUT2D eigenvalue weighted by Gasteiger charge is -2.23. The quantitative estimate of drug-likeness (QED) is 0.842. The Labute approximate surface area is 109 Å². The van der Waals surface area contributed by atoms with E-state index < -0.39 is 0 Å². The van der Waals surface area contributed by atoms with Crippen LogP contribution < -0.4 is 10.5 Å². The molecule has 0 heterocycles. The van der Waals surface area contributed by atoms with E-state index in [9.17, 15) is 0 Å². The summed E-state index contributed by atoms with van der Waals surface area (Å²) in [5.74, 6) is 0.733. The van der Waals surface area contributed by atoms with Gasteiger partial charge in [0, 0.05) is 0 Å². The lowest BCUT2D eigenvalue weighted by molar-refractivity contribution is 0.313. The second kappa shape index (κ2) is 6.27. The van der Waals surface area contributed by atoms with E-state index in [1.165, 1.54) is 5.56 Å². The molecule has 96 valence electrons. The first-order valence-electron chi connectivity index (χ1n) is 6.01. The van der Waals surface area contributed by atoms with E-state index in [-0.39, 0.29) is 0 Å². The summed E-state index contributed by atoms with van der Waals surface area (Å²) in [6.45, 7) is 5.26. The van der Waals surface area contributed by atoms with Crippen LogP contribution in [0.1, 0.15) is 32.3 Å². The van der Waals surface area contributed by atoms with Gasteiger partial charge in [0.25, 0.3) is 0 Å². The SMILES string of the molecule is COc1ccc(CCC(C)(C)CCN)cc1Cl. The minimum absolute atomic E-state index is 0.293. The van der Waals surface area contributed by atoms with Crippen LogP contribution in [0.3, 0.4) is 0 Å². The minimum atomic E-state index is 0.293. The van der Waals surface area contributed by atoms with Crippen molar-refractivity contribution < 1.29 is 4.74 Å². The predicted octanol–water partition coefficient (Wildman–Crippen LogP) is 3.66. The van der Waals surface area contributed by atoms with Gasteiger partial charge in [-0.25, -0.2) is 0 Å². The van der Waals surface area contributed by atoms with E-state index in [4.69, 9.17) is 22.1 Å². The molecule has 0 aliphatic heterocycles. The molecule has 0 aromatic heterocycles. The molecule has 0 aliphatic carbocycles. The molecule has 0 fully saturated rings. The fraction of sp³-hybridized carbons (Fsp3) is 0.571. The van der Waals surface area contributed by atoms with Gasteiger partial charge in [-0.3, -0.25) is 0 Å². The Kier molecular flexibility index (Phi) is 5.29. The summed E-state index contributed by atoms with van der Waals surface area (Å²) in [6.07, 6.45) is 3.19. The molecule has 0 atom stereocenters. The van der Waals surface area contributed by atoms with Crippen LogP contribution >= 0.6 is 11.6 Å². The summed E-state index contributed by atoms with van der Waals surface area (Å²) < 4.78 is 5.14. The summed E-state index contributed by atoms with van der Waals surface area (Å²) >= 11 is 6.10. The van der Waals surface area contributed by atoms with Gasteiger partial charge in [0.15, 0.2) is 0 Å². The Bertz CT molecular complexity index is 363. The van der Waals surface area contributed by atoms with Gasteiger partial charge in [0.1, 0.15) is 5.75 Å². The van der Waals surface area contributed by atoms with Crippen LogP contribution in [0.2, 0.25) is 5.02 Å². The van der Waals surface area contributed by atoms with Gasteiger partial charge in [-0.2, -0.15) is 0 Å². The Balaban J connectivity index is 2.61. The van der Waals surface area contributed by atoms with Gasteiger partial charge in [-0.05, 0) is 48.9 Å². The third-order valence-corrected chi connectivity index (χ3v) is 3.42. The largest absolute Gasteiger partial charge is 0.495 e. The summed E-state index contributed by atoms with van der Waals surface area (Å²) in [4.78, 5) is 0. The molecule has 0 aliphatic rings. The fourth-order valence-corrected chi connectivity index (χ4v) is 2.14. The zero-order valence-electron chi connectivity index (χ0n) is 10.9. The molecule has 0 spiro atoms. The molecule has 1 aromatic rings. The maximum absolute atomic E-state index is 6.10. The van der Waals surface area contributed by atoms with Crippen molar-refractivity contribution in [2.24, 2.45) is 11.1 Å². The summed E-state index contributed by atoms with van der Waals surface area (Å²) in [5, 5.41) is 0.682. The summed E-state index contributed by atoms with van der Waals surface area (Å²) in [5.41, 5.74) is 7.15. The van der Waals surface area contributed by atoms with Gasteiger partial charge in [0.05, 0.1) is 12.1 Å². The third-order valence-electron chi connectivity index (χ3n) is 3.13. The second-order valence-corrected chi connectivity index (χ2v) is 5.58. The first kappa shape index (κ1) is 14.3. The van der Waals surface area contributed by atoms with Crippen LogP contribution in [-0.4, -0.2) is 13.7 Å². The number of hydrogen-bond donors (Lipinski definition) is 1. The van der Waals surface area contributed by atoms with E-state index in [2.05, 4.69) is 19.9 Å². The smallest absolute Gasteiger partial charge is 0.137 e. The van der Waals surface area contributed by atoms with Crippen molar-refractivity contribution in [1.29, 1.82) is 0 Å². The molecule has 0 saturated carbocycles. The Hall–Kier alpha value is -0.730. The Morgan fingerprint density at radius 3 is 2.53 bits per heavy atom. The van der Waals surface area contributed by atoms with E-state index >= 15 is 0 Å². The van der Waals surface area contributed by atoms with Crippen molar-refractivity contribution in [2.45, 2.75) is 33.1 Å². The zero-order chi connectivity index (χ0) is 12.9. The van der Waals surface area contributed by atoms with Crippen molar-refractivity contribution >= 4 is 11.6 Å². The normalized spacial score (nSPS) is 11.6. The van der Waals surface area contributed by atoms with E-state index in [1.54, 1.807) is 7.11 Å². The van der Waals surface area contributed by atoms with E-state index in [0.717, 1.165) is 31.6 Å². The number of ether oxygens (including phenoxy) is 1. The maximum atomic E-state index is 6.10. The van der Waals surface area contributed by atoms with E-state index in [1.807, 2.05) is 12.1 Å². The van der Waals surface area contributed by atoms with Crippen molar-refractivity contribution in [3.8, 4) is 5.75 Å². The van der Waals surface area contributed by atoms with Gasteiger partial charge in [0.2, 0.25) is 0 Å². The average molecular weight is 256 g/mol. The highest BCUT2D eigenvalue weighted by Crippen LogP contribution is 2.29. The zero-order valence-corrected chi connectivity index (χ0v) is 11.7. The molecule has 0 unspecified atom stereocenters. The lowest BCUT2D eigenvalue weighted by atomic mass is 9.83. The molecule has 3 heteroatoms. The minimum Gasteiger partial charge on any atom is -0.495 e. The number of nitrogens with two attached hydrogens (primary N) is 1. The van der Waals surface area contributed by atoms with Crippen molar-refractivity contribution in [3.63, 3.8) is 0 Å². The highest BCUT2D eigenvalue weighted by atomic mass is 35.5. The van der Waals surface area contributed by atoms with Crippen molar-refractivity contribution in [2.75, 3.05) is 13.7 Å². The molecular weight excluding hydrogens is 234 g/mol. The van der Waals surface area contributed by atoms with Crippen LogP contribution in [0.15, 0.2) is 18.2 Å². The third kappa shape index (κ3) is 4.57. The molecule has 0 radical (unpaired) electrons. The maximum Gasteiger partial charge on any atom is 0.137 e. The monoisotopic (exact) mass is 255 g/mol. The first-order chi connectivity index (χ1) is 7.98. The number of halogens is 1. The van der Waals surface area contributed by atoms with Gasteiger partial charge >= 0.3 is 0 Å². The molecular formula is C14H22ClNO. The molecule has 2 nitrogen and oxygen atoms in total. The summed E-state index contributed by atoms with van der Waals surface area (Å²) in [7, 11) is 1.63. The van der Waals surface area contributed by atoms with Gasteiger partial charge in [-0.15, -0.1) is 0 Å². The molecule has 1 rings (SSSR count). The molecule has 0 saturated heterocycles. The van der Waals surface area contributed by atoms with Crippen LogP contribution in [0, 0.1) is 5.41 Å². The number of benzene rings is 1.